The average molecular weight is 370 g/mol. The molecule has 0 unspecified atom stereocenters. The van der Waals surface area contributed by atoms with Gasteiger partial charge >= 0.3 is 0 Å². The van der Waals surface area contributed by atoms with Gasteiger partial charge in [0.15, 0.2) is 0 Å². The minimum atomic E-state index is -0.250. The fourth-order valence-corrected chi connectivity index (χ4v) is 5.78. The summed E-state index contributed by atoms with van der Waals surface area (Å²) in [5.74, 6) is 1.91. The maximum Gasteiger partial charge on any atom is 0.290 e. The van der Waals surface area contributed by atoms with Gasteiger partial charge in [0.25, 0.3) is 6.47 Å². The van der Waals surface area contributed by atoms with E-state index in [-0.39, 0.29) is 12.6 Å². The fourth-order valence-electron chi connectivity index (χ4n) is 5.78. The molecule has 5 rings (SSSR count). The van der Waals surface area contributed by atoms with E-state index in [4.69, 9.17) is 9.90 Å². The van der Waals surface area contributed by atoms with E-state index in [1.54, 1.807) is 5.56 Å². The first-order valence-corrected chi connectivity index (χ1v) is 10.2. The number of hydrogen-bond acceptors (Lipinski definition) is 3. The van der Waals surface area contributed by atoms with Gasteiger partial charge in [-0.05, 0) is 55.4 Å². The Morgan fingerprint density at radius 1 is 1.33 bits per heavy atom. The number of fused-ring (bicyclic) bond motifs is 6. The van der Waals surface area contributed by atoms with Gasteiger partial charge in [-0.1, -0.05) is 31.2 Å². The van der Waals surface area contributed by atoms with Crippen LogP contribution >= 0.6 is 0 Å². The number of allylic oxidation sites excluding steroid dienone is 2. The highest BCUT2D eigenvalue weighted by Crippen LogP contribution is 2.47. The first kappa shape index (κ1) is 18.5. The van der Waals surface area contributed by atoms with Crippen LogP contribution in [0.5, 0.6) is 0 Å². The Bertz CT molecular complexity index is 840. The molecule has 4 aliphatic rings. The molecule has 1 saturated heterocycles. The van der Waals surface area contributed by atoms with Crippen LogP contribution in [0.2, 0.25) is 0 Å². The molecule has 146 valence electrons. The summed E-state index contributed by atoms with van der Waals surface area (Å²) in [6.07, 6.45) is 14.6. The van der Waals surface area contributed by atoms with E-state index in [0.29, 0.717) is 17.9 Å². The van der Waals surface area contributed by atoms with Crippen LogP contribution in [0.25, 0.3) is 12.2 Å². The van der Waals surface area contributed by atoms with E-state index in [2.05, 4.69) is 41.1 Å². The Morgan fingerprint density at radius 2 is 2.15 bits per heavy atom. The van der Waals surface area contributed by atoms with E-state index in [1.807, 2.05) is 0 Å². The molecule has 2 fully saturated rings. The lowest BCUT2D eigenvalue weighted by Crippen LogP contribution is -2.51. The number of aliphatic hydroxyl groups excluding tert-OH is 1. The number of H-pyrrole nitrogens is 1. The first-order valence-electron chi connectivity index (χ1n) is 10.2. The molecule has 2 aliphatic heterocycles. The molecule has 5 atom stereocenters. The maximum atomic E-state index is 10.3. The van der Waals surface area contributed by atoms with E-state index in [9.17, 15) is 5.11 Å². The molecule has 27 heavy (non-hydrogen) atoms. The lowest BCUT2D eigenvalue weighted by Gasteiger charge is -2.51. The van der Waals surface area contributed by atoms with Crippen LogP contribution in [-0.2, 0) is 11.2 Å². The van der Waals surface area contributed by atoms with E-state index >= 15 is 0 Å². The van der Waals surface area contributed by atoms with Crippen LogP contribution < -0.4 is 10.6 Å². The van der Waals surface area contributed by atoms with Crippen LogP contribution in [-0.4, -0.2) is 45.8 Å². The van der Waals surface area contributed by atoms with Crippen molar-refractivity contribution in [2.75, 3.05) is 13.1 Å². The number of rotatable bonds is 0. The number of carboxylic acid groups (broad SMARTS) is 1. The molecule has 0 amide bonds. The monoisotopic (exact) mass is 370 g/mol. The Labute approximate surface area is 160 Å². The van der Waals surface area contributed by atoms with Crippen molar-refractivity contribution in [2.24, 2.45) is 17.8 Å². The highest BCUT2D eigenvalue weighted by Gasteiger charge is 2.45. The molecular weight excluding hydrogens is 340 g/mol. The molecule has 5 heteroatoms. The minimum Gasteiger partial charge on any atom is -0.483 e. The number of carbonyl (C=O) groups is 1. The predicted molar refractivity (Wildman–Crippen MR) is 105 cm³/mol. The van der Waals surface area contributed by atoms with Crippen LogP contribution in [0.1, 0.15) is 49.9 Å². The smallest absolute Gasteiger partial charge is 0.290 e. The summed E-state index contributed by atoms with van der Waals surface area (Å²) in [5.41, 5.74) is 3.02. The zero-order valence-electron chi connectivity index (χ0n) is 16.0. The minimum absolute atomic E-state index is 0.0898. The fraction of sp³-hybridized carbons (Fsp3) is 0.591. The van der Waals surface area contributed by atoms with Crippen molar-refractivity contribution in [3.05, 3.63) is 34.0 Å². The predicted octanol–water partition coefficient (Wildman–Crippen LogP) is 1.56. The van der Waals surface area contributed by atoms with Gasteiger partial charge in [-0.2, -0.15) is 0 Å². The largest absolute Gasteiger partial charge is 0.483 e. The number of aliphatic hydroxyl groups is 1. The van der Waals surface area contributed by atoms with Crippen molar-refractivity contribution in [1.82, 2.24) is 9.88 Å². The van der Waals surface area contributed by atoms with Crippen LogP contribution in [0.15, 0.2) is 12.2 Å². The number of hydrogen-bond donors (Lipinski definition) is 3. The molecule has 0 spiro atoms. The Morgan fingerprint density at radius 3 is 2.96 bits per heavy atom. The van der Waals surface area contributed by atoms with Crippen LogP contribution in [0.4, 0.5) is 0 Å². The highest BCUT2D eigenvalue weighted by molar-refractivity contribution is 5.48. The summed E-state index contributed by atoms with van der Waals surface area (Å²) in [6.45, 7) is 4.44. The van der Waals surface area contributed by atoms with Crippen molar-refractivity contribution in [2.45, 2.75) is 51.2 Å². The standard InChI is InChI=1S/C21H28N2O.CH2O2/c1-13-17-11-19-21-16(15-5-3-2-4-6-18(15)22-21)9-10-23(19)12-14(17)7-8-20(13)24;2-1-3/h2-3,5-6,13-14,17,19-20,22,24H,4,7-12H2,1H3;1H,(H,2,3)/t13-,14+,17-,19+,20+;/m1./s1. The third-order valence-electron chi connectivity index (χ3n) is 7.18. The van der Waals surface area contributed by atoms with Gasteiger partial charge in [-0.25, -0.2) is 0 Å². The molecule has 3 heterocycles. The van der Waals surface area contributed by atoms with Gasteiger partial charge in [0, 0.05) is 29.4 Å². The number of piperidine rings is 1. The lowest BCUT2D eigenvalue weighted by atomic mass is 9.65. The molecule has 2 aliphatic carbocycles. The molecule has 0 bridgehead atoms. The quantitative estimate of drug-likeness (QED) is 0.606. The summed E-state index contributed by atoms with van der Waals surface area (Å²) in [4.78, 5) is 14.9. The first-order chi connectivity index (χ1) is 13.1. The Balaban J connectivity index is 0.000000565. The molecule has 0 aromatic carbocycles. The normalized spacial score (nSPS) is 34.2. The van der Waals surface area contributed by atoms with Crippen LogP contribution in [0, 0.1) is 17.8 Å². The average Bonchev–Trinajstić information content (AvgIpc) is 2.86. The van der Waals surface area contributed by atoms with Crippen LogP contribution in [0.3, 0.4) is 0 Å². The highest BCUT2D eigenvalue weighted by atomic mass is 16.3. The second-order valence-corrected chi connectivity index (χ2v) is 8.41. The number of aromatic nitrogens is 1. The van der Waals surface area contributed by atoms with Crippen molar-refractivity contribution in [1.29, 1.82) is 0 Å². The summed E-state index contributed by atoms with van der Waals surface area (Å²) in [7, 11) is 0. The van der Waals surface area contributed by atoms with Crippen molar-refractivity contribution in [3.63, 3.8) is 0 Å². The number of nitrogens with one attached hydrogen (secondary N) is 1. The second kappa shape index (κ2) is 7.64. The maximum absolute atomic E-state index is 10.3. The summed E-state index contributed by atoms with van der Waals surface area (Å²) in [6, 6.07) is 0.528. The molecule has 1 aromatic rings. The van der Waals surface area contributed by atoms with Gasteiger partial charge < -0.3 is 15.2 Å². The molecule has 3 N–H and O–H groups in total. The summed E-state index contributed by atoms with van der Waals surface area (Å²) in [5, 5.41) is 20.0. The van der Waals surface area contributed by atoms with Crippen molar-refractivity contribution in [3.8, 4) is 0 Å². The molecule has 1 aromatic heterocycles. The number of aromatic amines is 1. The zero-order valence-corrected chi connectivity index (χ0v) is 16.0. The zero-order chi connectivity index (χ0) is 19.0. The third-order valence-corrected chi connectivity index (χ3v) is 7.18. The second-order valence-electron chi connectivity index (χ2n) is 8.41. The SMILES string of the molecule is C[C@@H]1[C@H]2C[C@H]3c4[nH]c5c(c4CCN3C[C@@H]2CC[C@@H]1O)=CC=CCC=5.O=CO. The number of nitrogens with zero attached hydrogens (tertiary/aromatic N) is 1. The van der Waals surface area contributed by atoms with Crippen molar-refractivity contribution >= 4 is 18.6 Å². The lowest BCUT2D eigenvalue weighted by molar-refractivity contribution is -0.122. The van der Waals surface area contributed by atoms with E-state index in [0.717, 1.165) is 18.8 Å². The summed E-state index contributed by atoms with van der Waals surface area (Å²) >= 11 is 0. The third kappa shape index (κ3) is 3.27. The summed E-state index contributed by atoms with van der Waals surface area (Å²) < 4.78 is 0. The molecule has 1 saturated carbocycles. The van der Waals surface area contributed by atoms with Gasteiger partial charge in [0.05, 0.1) is 12.1 Å². The van der Waals surface area contributed by atoms with E-state index < -0.39 is 0 Å². The van der Waals surface area contributed by atoms with Crippen molar-refractivity contribution < 1.29 is 15.0 Å². The van der Waals surface area contributed by atoms with Gasteiger partial charge in [0.2, 0.25) is 0 Å². The Kier molecular flexibility index (Phi) is 5.24. The topological polar surface area (TPSA) is 76.6 Å². The molecule has 5 nitrogen and oxygen atoms in total. The van der Waals surface area contributed by atoms with E-state index in [1.165, 1.54) is 48.6 Å². The van der Waals surface area contributed by atoms with Gasteiger partial charge in [-0.3, -0.25) is 9.69 Å². The molecular formula is C22H30N2O3. The Hall–Kier alpha value is -1.85. The molecule has 0 radical (unpaired) electrons. The van der Waals surface area contributed by atoms with Gasteiger partial charge in [-0.15, -0.1) is 0 Å². The van der Waals surface area contributed by atoms with Gasteiger partial charge in [0.1, 0.15) is 0 Å².